The lowest BCUT2D eigenvalue weighted by atomic mass is 10.2. The molecule has 2 rings (SSSR count). The summed E-state index contributed by atoms with van der Waals surface area (Å²) in [6.07, 6.45) is 4.78. The molecule has 0 aliphatic rings. The number of hydrogen-bond acceptors (Lipinski definition) is 6. The van der Waals surface area contributed by atoms with E-state index in [0.717, 1.165) is 0 Å². The molecule has 7 nitrogen and oxygen atoms in total. The zero-order valence-electron chi connectivity index (χ0n) is 17.9. The van der Waals surface area contributed by atoms with Gasteiger partial charge in [-0.1, -0.05) is 18.5 Å². The van der Waals surface area contributed by atoms with Crippen LogP contribution in [-0.4, -0.2) is 42.9 Å². The maximum Gasteiger partial charge on any atom is 0.279 e. The third kappa shape index (κ3) is 7.15. The summed E-state index contributed by atoms with van der Waals surface area (Å²) in [7, 11) is 1.68. The topological polar surface area (TPSA) is 106 Å². The van der Waals surface area contributed by atoms with Crippen LogP contribution >= 0.6 is 23.4 Å². The number of halogens is 2. The smallest absolute Gasteiger partial charge is 0.279 e. The molecule has 0 heterocycles. The first-order valence-electron chi connectivity index (χ1n) is 9.67. The molecule has 10 heteroatoms. The number of ether oxygens (including phenoxy) is 2. The van der Waals surface area contributed by atoms with Gasteiger partial charge in [-0.25, -0.2) is 4.39 Å². The monoisotopic (exact) mass is 481 g/mol. The molecule has 0 aromatic heterocycles. The Morgan fingerprint density at radius 2 is 2.06 bits per heavy atom. The predicted molar refractivity (Wildman–Crippen MR) is 126 cm³/mol. The molecule has 0 fully saturated rings. The summed E-state index contributed by atoms with van der Waals surface area (Å²) in [5.74, 6) is -1.00. The number of hydrogen-bond donors (Lipinski definition) is 3. The third-order valence-corrected chi connectivity index (χ3v) is 5.38. The van der Waals surface area contributed by atoms with Gasteiger partial charge in [-0.3, -0.25) is 4.79 Å². The molecule has 1 amide bonds. The van der Waals surface area contributed by atoms with Gasteiger partial charge in [0, 0.05) is 29.6 Å². The molecule has 2 aromatic carbocycles. The lowest BCUT2D eigenvalue weighted by Gasteiger charge is -2.17. The Kier molecular flexibility index (Phi) is 9.83. The van der Waals surface area contributed by atoms with E-state index in [1.54, 1.807) is 13.3 Å². The summed E-state index contributed by atoms with van der Waals surface area (Å²) in [5.41, 5.74) is 5.84. The van der Waals surface area contributed by atoms with E-state index < -0.39 is 17.8 Å². The second-order valence-electron chi connectivity index (χ2n) is 6.51. The number of carbonyl (C=O) groups excluding carboxylic acids is 1. The van der Waals surface area contributed by atoms with Gasteiger partial charge in [-0.2, -0.15) is 4.99 Å². The number of amides is 1. The number of nitrogens with two attached hydrogens (primary N) is 1. The van der Waals surface area contributed by atoms with Crippen LogP contribution in [0.3, 0.4) is 0 Å². The van der Waals surface area contributed by atoms with E-state index in [9.17, 15) is 14.3 Å². The number of amidine groups is 1. The quantitative estimate of drug-likeness (QED) is 0.263. The fraction of sp³-hybridized carbons (Fsp3) is 0.273. The summed E-state index contributed by atoms with van der Waals surface area (Å²) in [6, 6.07) is 6.96. The Labute approximate surface area is 195 Å². The van der Waals surface area contributed by atoms with Crippen molar-refractivity contribution in [1.82, 2.24) is 5.32 Å². The summed E-state index contributed by atoms with van der Waals surface area (Å²) >= 11 is 7.47. The van der Waals surface area contributed by atoms with Crippen LogP contribution in [0.5, 0.6) is 17.2 Å². The van der Waals surface area contributed by atoms with Crippen molar-refractivity contribution in [2.75, 3.05) is 19.9 Å². The molecule has 32 heavy (non-hydrogen) atoms. The van der Waals surface area contributed by atoms with Crippen LogP contribution in [0.4, 0.5) is 4.39 Å². The summed E-state index contributed by atoms with van der Waals surface area (Å²) in [4.78, 5) is 17.0. The van der Waals surface area contributed by atoms with E-state index in [1.165, 1.54) is 54.4 Å². The SMILES string of the molecule is CCC(CO)Oc1cc(Oc2cc(Cl)c(SC)cc2F)cc(C(=O)N=C(N)/C=C\NC)c1. The van der Waals surface area contributed by atoms with Gasteiger partial charge in [-0.05, 0) is 43.2 Å². The average molecular weight is 482 g/mol. The van der Waals surface area contributed by atoms with Gasteiger partial charge >= 0.3 is 0 Å². The molecule has 0 bridgehead atoms. The molecule has 1 unspecified atom stereocenters. The van der Waals surface area contributed by atoms with Crippen LogP contribution in [0.1, 0.15) is 23.7 Å². The van der Waals surface area contributed by atoms with Crippen molar-refractivity contribution < 1.29 is 23.8 Å². The number of nitrogens with one attached hydrogen (secondary N) is 1. The molecule has 1 atom stereocenters. The number of carbonyl (C=O) groups is 1. The highest BCUT2D eigenvalue weighted by molar-refractivity contribution is 7.98. The fourth-order valence-electron chi connectivity index (χ4n) is 2.52. The number of thioether (sulfide) groups is 1. The molecule has 0 saturated heterocycles. The van der Waals surface area contributed by atoms with E-state index >= 15 is 0 Å². The molecule has 0 saturated carbocycles. The van der Waals surface area contributed by atoms with Gasteiger partial charge in [-0.15, -0.1) is 11.8 Å². The van der Waals surface area contributed by atoms with E-state index in [2.05, 4.69) is 10.3 Å². The first kappa shape index (κ1) is 25.5. The van der Waals surface area contributed by atoms with Gasteiger partial charge in [0.1, 0.15) is 23.4 Å². The molecule has 0 radical (unpaired) electrons. The molecule has 0 spiro atoms. The fourth-order valence-corrected chi connectivity index (χ4v) is 3.38. The normalized spacial score (nSPS) is 12.6. The van der Waals surface area contributed by atoms with Crippen molar-refractivity contribution in [2.45, 2.75) is 24.3 Å². The van der Waals surface area contributed by atoms with Crippen molar-refractivity contribution in [3.63, 3.8) is 0 Å². The Bertz CT molecular complexity index is 1010. The highest BCUT2D eigenvalue weighted by Crippen LogP contribution is 2.35. The molecular weight excluding hydrogens is 457 g/mol. The van der Waals surface area contributed by atoms with E-state index in [4.69, 9.17) is 26.8 Å². The second-order valence-corrected chi connectivity index (χ2v) is 7.76. The molecule has 4 N–H and O–H groups in total. The van der Waals surface area contributed by atoms with Crippen molar-refractivity contribution in [3.05, 3.63) is 59.0 Å². The highest BCUT2D eigenvalue weighted by Gasteiger charge is 2.16. The maximum atomic E-state index is 14.5. The van der Waals surface area contributed by atoms with Gasteiger partial charge in [0.15, 0.2) is 11.6 Å². The van der Waals surface area contributed by atoms with Crippen LogP contribution < -0.4 is 20.5 Å². The Balaban J connectivity index is 2.45. The minimum absolute atomic E-state index is 0.00888. The first-order chi connectivity index (χ1) is 15.3. The first-order valence-corrected chi connectivity index (χ1v) is 11.3. The van der Waals surface area contributed by atoms with Crippen LogP contribution in [0.2, 0.25) is 5.02 Å². The average Bonchev–Trinajstić information content (AvgIpc) is 2.78. The molecule has 0 aliphatic carbocycles. The Morgan fingerprint density at radius 3 is 2.69 bits per heavy atom. The van der Waals surface area contributed by atoms with Gasteiger partial charge in [0.25, 0.3) is 5.91 Å². The van der Waals surface area contributed by atoms with E-state index in [-0.39, 0.29) is 35.3 Å². The number of aliphatic imine (C=N–C) groups is 1. The van der Waals surface area contributed by atoms with Gasteiger partial charge < -0.3 is 25.6 Å². The van der Waals surface area contributed by atoms with Crippen molar-refractivity contribution in [1.29, 1.82) is 0 Å². The molecule has 0 aliphatic heterocycles. The lowest BCUT2D eigenvalue weighted by molar-refractivity contribution is 0.0998. The Hall–Kier alpha value is -2.75. The van der Waals surface area contributed by atoms with Crippen LogP contribution in [0, 0.1) is 5.82 Å². The zero-order valence-corrected chi connectivity index (χ0v) is 19.5. The van der Waals surface area contributed by atoms with Crippen molar-refractivity contribution >= 4 is 35.1 Å². The molecule has 2 aromatic rings. The minimum Gasteiger partial charge on any atom is -0.488 e. The predicted octanol–water partition coefficient (Wildman–Crippen LogP) is 4.37. The number of aliphatic hydroxyl groups excluding tert-OH is 1. The second kappa shape index (κ2) is 12.3. The molecular formula is C22H25ClFN3O4S. The zero-order chi connectivity index (χ0) is 23.7. The van der Waals surface area contributed by atoms with E-state index in [0.29, 0.717) is 16.3 Å². The lowest BCUT2D eigenvalue weighted by Crippen LogP contribution is -2.20. The van der Waals surface area contributed by atoms with Crippen LogP contribution in [-0.2, 0) is 0 Å². The summed E-state index contributed by atoms with van der Waals surface area (Å²) in [6.45, 7) is 1.63. The highest BCUT2D eigenvalue weighted by atomic mass is 35.5. The minimum atomic E-state index is -0.646. The number of benzene rings is 2. The van der Waals surface area contributed by atoms with Crippen molar-refractivity contribution in [3.8, 4) is 17.2 Å². The van der Waals surface area contributed by atoms with Crippen LogP contribution in [0.15, 0.2) is 52.5 Å². The Morgan fingerprint density at radius 1 is 1.34 bits per heavy atom. The summed E-state index contributed by atoms with van der Waals surface area (Å²) < 4.78 is 25.9. The maximum absolute atomic E-state index is 14.5. The third-order valence-electron chi connectivity index (χ3n) is 4.17. The van der Waals surface area contributed by atoms with Crippen molar-refractivity contribution in [2.24, 2.45) is 10.7 Å². The number of rotatable bonds is 10. The van der Waals surface area contributed by atoms with E-state index in [1.807, 2.05) is 6.92 Å². The summed E-state index contributed by atoms with van der Waals surface area (Å²) in [5, 5.41) is 12.5. The van der Waals surface area contributed by atoms with Gasteiger partial charge in [0.05, 0.1) is 11.6 Å². The van der Waals surface area contributed by atoms with Gasteiger partial charge in [0.2, 0.25) is 0 Å². The number of nitrogens with zero attached hydrogens (tertiary/aromatic N) is 1. The van der Waals surface area contributed by atoms with Crippen LogP contribution in [0.25, 0.3) is 0 Å². The number of aliphatic hydroxyl groups is 1. The largest absolute Gasteiger partial charge is 0.488 e. The molecule has 172 valence electrons. The standard InChI is InChI=1S/C22H25ClFN3O4S/c1-4-14(12-28)30-15-7-13(22(29)27-21(25)5-6-26-2)8-16(9-15)31-19-10-17(23)20(32-3)11-18(19)24/h5-11,14,26,28H,4,12H2,1-3H3,(H2,25,27,29)/b6-5-.